The average Bonchev–Trinajstić information content (AvgIpc) is 2.73. The molecule has 4 heteroatoms. The molecular formula is C24H28ClNO2. The second-order valence-electron chi connectivity index (χ2n) is 7.29. The van der Waals surface area contributed by atoms with Crippen LogP contribution in [0, 0.1) is 5.92 Å². The third kappa shape index (κ3) is 6.81. The lowest BCUT2D eigenvalue weighted by Gasteiger charge is -2.29. The Morgan fingerprint density at radius 2 is 1.79 bits per heavy atom. The van der Waals surface area contributed by atoms with Crippen molar-refractivity contribution in [2.45, 2.75) is 25.7 Å². The topological polar surface area (TPSA) is 29.5 Å². The number of ether oxygens (including phenoxy) is 1. The van der Waals surface area contributed by atoms with Crippen LogP contribution < -0.4 is 4.74 Å². The molecule has 0 bridgehead atoms. The van der Waals surface area contributed by atoms with E-state index in [0.29, 0.717) is 0 Å². The first kappa shape index (κ1) is 20.6. The van der Waals surface area contributed by atoms with Crippen LogP contribution in [0.15, 0.2) is 60.7 Å². The fraction of sp³-hybridized carbons (Fsp3) is 0.375. The molecule has 1 heterocycles. The number of hydrogen-bond donors (Lipinski definition) is 0. The highest BCUT2D eigenvalue weighted by atomic mass is 35.5. The van der Waals surface area contributed by atoms with Crippen molar-refractivity contribution in [3.05, 3.63) is 71.8 Å². The summed E-state index contributed by atoms with van der Waals surface area (Å²) in [4.78, 5) is 13.6. The molecule has 3 nitrogen and oxygen atoms in total. The molecule has 0 saturated carbocycles. The van der Waals surface area contributed by atoms with Crippen molar-refractivity contribution in [2.24, 2.45) is 5.92 Å². The molecule has 28 heavy (non-hydrogen) atoms. The van der Waals surface area contributed by atoms with Crippen LogP contribution in [0.4, 0.5) is 0 Å². The summed E-state index contributed by atoms with van der Waals surface area (Å²) in [5, 5.41) is -0.183. The minimum atomic E-state index is -0.183. The number of aryl methyl sites for hydroxylation is 1. The highest BCUT2D eigenvalue weighted by Gasteiger charge is 2.22. The molecule has 2 aromatic carbocycles. The van der Waals surface area contributed by atoms with Crippen LogP contribution in [-0.4, -0.2) is 36.4 Å². The summed E-state index contributed by atoms with van der Waals surface area (Å²) >= 11 is 5.59. The van der Waals surface area contributed by atoms with E-state index in [0.717, 1.165) is 57.7 Å². The first-order valence-corrected chi connectivity index (χ1v) is 10.4. The maximum Gasteiger partial charge on any atom is 0.224 e. The van der Waals surface area contributed by atoms with Crippen molar-refractivity contribution < 1.29 is 9.53 Å². The number of hydrogen-bond acceptors (Lipinski definition) is 3. The van der Waals surface area contributed by atoms with Crippen molar-refractivity contribution in [2.75, 3.05) is 26.2 Å². The monoisotopic (exact) mass is 397 g/mol. The molecule has 1 aliphatic rings. The number of carbonyl (C=O) groups excluding carboxylic acids is 1. The van der Waals surface area contributed by atoms with E-state index < -0.39 is 0 Å². The van der Waals surface area contributed by atoms with Gasteiger partial charge < -0.3 is 4.74 Å². The Balaban J connectivity index is 1.35. The SMILES string of the molecule is O=C(Cl)C1CCN(C/C=C/c2ccc(OCCCc3ccccc3)cc2)CC1. The second-order valence-corrected chi connectivity index (χ2v) is 7.66. The smallest absolute Gasteiger partial charge is 0.224 e. The van der Waals surface area contributed by atoms with Gasteiger partial charge in [-0.15, -0.1) is 0 Å². The van der Waals surface area contributed by atoms with E-state index in [1.807, 2.05) is 18.2 Å². The number of likely N-dealkylation sites (tertiary alicyclic amines) is 1. The average molecular weight is 398 g/mol. The van der Waals surface area contributed by atoms with Gasteiger partial charge in [0.15, 0.2) is 0 Å². The van der Waals surface area contributed by atoms with Crippen LogP contribution in [0.3, 0.4) is 0 Å². The maximum absolute atomic E-state index is 11.2. The Kier molecular flexibility index (Phi) is 8.13. The van der Waals surface area contributed by atoms with Crippen molar-refractivity contribution in [3.63, 3.8) is 0 Å². The van der Waals surface area contributed by atoms with Gasteiger partial charge in [0.2, 0.25) is 5.24 Å². The molecule has 148 valence electrons. The van der Waals surface area contributed by atoms with Gasteiger partial charge in [0.1, 0.15) is 5.75 Å². The minimum absolute atomic E-state index is 0.0436. The van der Waals surface area contributed by atoms with Gasteiger partial charge in [0.05, 0.1) is 6.61 Å². The van der Waals surface area contributed by atoms with Crippen LogP contribution in [0.5, 0.6) is 5.75 Å². The van der Waals surface area contributed by atoms with E-state index in [-0.39, 0.29) is 11.2 Å². The molecule has 0 radical (unpaired) electrons. The summed E-state index contributed by atoms with van der Waals surface area (Å²) in [7, 11) is 0. The van der Waals surface area contributed by atoms with Gasteiger partial charge in [-0.05, 0) is 73.6 Å². The molecule has 1 aliphatic heterocycles. The number of benzene rings is 2. The first-order chi connectivity index (χ1) is 13.7. The van der Waals surface area contributed by atoms with E-state index in [9.17, 15) is 4.79 Å². The van der Waals surface area contributed by atoms with Gasteiger partial charge in [-0.25, -0.2) is 0 Å². The lowest BCUT2D eigenvalue weighted by molar-refractivity contribution is -0.116. The number of rotatable bonds is 9. The lowest BCUT2D eigenvalue weighted by atomic mass is 9.98. The minimum Gasteiger partial charge on any atom is -0.494 e. The zero-order valence-electron chi connectivity index (χ0n) is 16.2. The van der Waals surface area contributed by atoms with Crippen LogP contribution in [0.25, 0.3) is 6.08 Å². The summed E-state index contributed by atoms with van der Waals surface area (Å²) in [6.45, 7) is 3.50. The van der Waals surface area contributed by atoms with Crippen molar-refractivity contribution >= 4 is 22.9 Å². The van der Waals surface area contributed by atoms with Gasteiger partial charge >= 0.3 is 0 Å². The maximum atomic E-state index is 11.2. The quantitative estimate of drug-likeness (QED) is 0.430. The zero-order valence-corrected chi connectivity index (χ0v) is 17.0. The molecular weight excluding hydrogens is 370 g/mol. The first-order valence-electron chi connectivity index (χ1n) is 10.1. The number of carbonyl (C=O) groups is 1. The Hall–Kier alpha value is -2.10. The Bertz CT molecular complexity index is 750. The van der Waals surface area contributed by atoms with E-state index >= 15 is 0 Å². The van der Waals surface area contributed by atoms with Crippen molar-refractivity contribution in [1.82, 2.24) is 4.90 Å². The highest BCUT2D eigenvalue weighted by Crippen LogP contribution is 2.19. The van der Waals surface area contributed by atoms with E-state index in [1.54, 1.807) is 0 Å². The van der Waals surface area contributed by atoms with Crippen LogP contribution in [0.2, 0.25) is 0 Å². The standard InChI is InChI=1S/C24H28ClNO2/c25-24(27)22-14-17-26(18-15-22)16-4-8-21-10-12-23(13-11-21)28-19-5-9-20-6-2-1-3-7-20/h1-4,6-8,10-13,22H,5,9,14-19H2/b8-4+. The van der Waals surface area contributed by atoms with E-state index in [4.69, 9.17) is 16.3 Å². The summed E-state index contributed by atoms with van der Waals surface area (Å²) in [6, 6.07) is 18.7. The van der Waals surface area contributed by atoms with Gasteiger partial charge in [-0.1, -0.05) is 54.6 Å². The molecule has 3 rings (SSSR count). The summed E-state index contributed by atoms with van der Waals surface area (Å²) in [5.74, 6) is 0.958. The predicted octanol–water partition coefficient (Wildman–Crippen LogP) is 5.19. The second kappa shape index (κ2) is 11.0. The molecule has 1 fully saturated rings. The molecule has 2 aromatic rings. The van der Waals surface area contributed by atoms with Crippen molar-refractivity contribution in [3.8, 4) is 5.75 Å². The molecule has 0 N–H and O–H groups in total. The Morgan fingerprint density at radius 1 is 1.07 bits per heavy atom. The van der Waals surface area contributed by atoms with Gasteiger partial charge in [0, 0.05) is 12.5 Å². The molecule has 0 atom stereocenters. The number of piperidine rings is 1. The lowest BCUT2D eigenvalue weighted by Crippen LogP contribution is -2.35. The Morgan fingerprint density at radius 3 is 2.46 bits per heavy atom. The third-order valence-corrected chi connectivity index (χ3v) is 5.49. The summed E-state index contributed by atoms with van der Waals surface area (Å²) in [5.41, 5.74) is 2.52. The van der Waals surface area contributed by atoms with Gasteiger partial charge in [0.25, 0.3) is 0 Å². The largest absolute Gasteiger partial charge is 0.494 e. The molecule has 1 saturated heterocycles. The van der Waals surface area contributed by atoms with Gasteiger partial charge in [-0.2, -0.15) is 0 Å². The molecule has 0 unspecified atom stereocenters. The highest BCUT2D eigenvalue weighted by molar-refractivity contribution is 6.63. The fourth-order valence-electron chi connectivity index (χ4n) is 3.47. The van der Waals surface area contributed by atoms with E-state index in [2.05, 4.69) is 53.5 Å². The Labute approximate surface area is 173 Å². The number of nitrogens with zero attached hydrogens (tertiary/aromatic N) is 1. The van der Waals surface area contributed by atoms with Gasteiger partial charge in [-0.3, -0.25) is 9.69 Å². The van der Waals surface area contributed by atoms with E-state index in [1.165, 1.54) is 11.1 Å². The molecule has 0 aliphatic carbocycles. The normalized spacial score (nSPS) is 15.8. The molecule has 0 aromatic heterocycles. The molecule has 0 spiro atoms. The number of halogens is 1. The van der Waals surface area contributed by atoms with Crippen LogP contribution in [0.1, 0.15) is 30.4 Å². The summed E-state index contributed by atoms with van der Waals surface area (Å²) in [6.07, 6.45) is 8.10. The van der Waals surface area contributed by atoms with Crippen LogP contribution >= 0.6 is 11.6 Å². The summed E-state index contributed by atoms with van der Waals surface area (Å²) < 4.78 is 5.84. The van der Waals surface area contributed by atoms with Crippen LogP contribution in [-0.2, 0) is 11.2 Å². The van der Waals surface area contributed by atoms with Crippen molar-refractivity contribution in [1.29, 1.82) is 0 Å². The zero-order chi connectivity index (χ0) is 19.6. The fourth-order valence-corrected chi connectivity index (χ4v) is 3.68. The molecule has 0 amide bonds. The third-order valence-electron chi connectivity index (χ3n) is 5.18. The predicted molar refractivity (Wildman–Crippen MR) is 116 cm³/mol.